The highest BCUT2D eigenvalue weighted by atomic mass is 16.2. The van der Waals surface area contributed by atoms with E-state index < -0.39 is 11.9 Å². The second-order valence-electron chi connectivity index (χ2n) is 7.01. The first-order valence-corrected chi connectivity index (χ1v) is 9.14. The minimum absolute atomic E-state index is 0.0185. The number of primary amides is 1. The van der Waals surface area contributed by atoms with Crippen molar-refractivity contribution in [1.29, 1.82) is 0 Å². The Balaban J connectivity index is 1.87. The lowest BCUT2D eigenvalue weighted by molar-refractivity contribution is -0.125. The number of fused-ring (bicyclic) bond motifs is 1. The van der Waals surface area contributed by atoms with Crippen molar-refractivity contribution < 1.29 is 14.4 Å². The van der Waals surface area contributed by atoms with Gasteiger partial charge in [0.05, 0.1) is 17.9 Å². The van der Waals surface area contributed by atoms with Crippen LogP contribution in [-0.2, 0) is 14.4 Å². The van der Waals surface area contributed by atoms with E-state index in [0.29, 0.717) is 11.4 Å². The summed E-state index contributed by atoms with van der Waals surface area (Å²) in [6.07, 6.45) is 0.196. The number of benzene rings is 2. The maximum Gasteiger partial charge on any atom is 0.241 e. The molecule has 0 bridgehead atoms. The number of likely N-dealkylation sites (N-methyl/N-ethyl adjacent to an activating group) is 1. The molecular formula is C21H24N4O3. The van der Waals surface area contributed by atoms with Crippen LogP contribution in [0.4, 0.5) is 11.4 Å². The SMILES string of the molecule is C[C@H]1CC(=O)Nc2ccccc2N1C(=O)CN(C)[C@@H](C(N)=O)c1ccccc1. The van der Waals surface area contributed by atoms with Crippen LogP contribution in [0.5, 0.6) is 0 Å². The molecule has 1 aliphatic rings. The van der Waals surface area contributed by atoms with E-state index in [0.717, 1.165) is 5.56 Å². The van der Waals surface area contributed by atoms with Gasteiger partial charge in [-0.05, 0) is 31.7 Å². The van der Waals surface area contributed by atoms with Gasteiger partial charge in [-0.3, -0.25) is 19.3 Å². The first-order valence-electron chi connectivity index (χ1n) is 9.14. The van der Waals surface area contributed by atoms with Crippen LogP contribution in [0.1, 0.15) is 24.9 Å². The Labute approximate surface area is 164 Å². The summed E-state index contributed by atoms with van der Waals surface area (Å²) in [5.74, 6) is -0.869. The van der Waals surface area contributed by atoms with E-state index in [2.05, 4.69) is 5.32 Å². The Hall–Kier alpha value is -3.19. The number of hydrogen-bond donors (Lipinski definition) is 2. The number of nitrogens with two attached hydrogens (primary N) is 1. The highest BCUT2D eigenvalue weighted by Crippen LogP contribution is 2.31. The summed E-state index contributed by atoms with van der Waals surface area (Å²) in [6, 6.07) is 15.3. The molecule has 1 aliphatic heterocycles. The van der Waals surface area contributed by atoms with Crippen LogP contribution in [0.15, 0.2) is 54.6 Å². The second kappa shape index (κ2) is 8.22. The van der Waals surface area contributed by atoms with Crippen molar-refractivity contribution in [3.8, 4) is 0 Å². The third-order valence-corrected chi connectivity index (χ3v) is 4.84. The second-order valence-corrected chi connectivity index (χ2v) is 7.01. The highest BCUT2D eigenvalue weighted by Gasteiger charge is 2.32. The number of anilines is 2. The van der Waals surface area contributed by atoms with E-state index in [-0.39, 0.29) is 30.8 Å². The molecule has 1 heterocycles. The molecule has 146 valence electrons. The monoisotopic (exact) mass is 380 g/mol. The number of amides is 3. The van der Waals surface area contributed by atoms with E-state index in [1.54, 1.807) is 29.0 Å². The van der Waals surface area contributed by atoms with Crippen LogP contribution in [0.25, 0.3) is 0 Å². The minimum atomic E-state index is -0.720. The molecule has 0 unspecified atom stereocenters. The van der Waals surface area contributed by atoms with Crippen molar-refractivity contribution in [2.45, 2.75) is 25.4 Å². The van der Waals surface area contributed by atoms with Crippen molar-refractivity contribution in [3.05, 3.63) is 60.2 Å². The highest BCUT2D eigenvalue weighted by molar-refractivity contribution is 6.05. The number of rotatable bonds is 5. The molecular weight excluding hydrogens is 356 g/mol. The van der Waals surface area contributed by atoms with Crippen molar-refractivity contribution in [2.75, 3.05) is 23.8 Å². The fourth-order valence-corrected chi connectivity index (χ4v) is 3.62. The predicted molar refractivity (Wildman–Crippen MR) is 108 cm³/mol. The molecule has 0 spiro atoms. The predicted octanol–water partition coefficient (Wildman–Crippen LogP) is 1.91. The van der Waals surface area contributed by atoms with Gasteiger partial charge in [-0.1, -0.05) is 42.5 Å². The molecule has 2 atom stereocenters. The van der Waals surface area contributed by atoms with Crippen LogP contribution in [0, 0.1) is 0 Å². The smallest absolute Gasteiger partial charge is 0.241 e. The van der Waals surface area contributed by atoms with E-state index in [4.69, 9.17) is 5.73 Å². The number of nitrogens with one attached hydrogen (secondary N) is 1. The van der Waals surface area contributed by atoms with Crippen molar-refractivity contribution in [2.24, 2.45) is 5.73 Å². The fraction of sp³-hybridized carbons (Fsp3) is 0.286. The lowest BCUT2D eigenvalue weighted by Crippen LogP contribution is -2.46. The van der Waals surface area contributed by atoms with Gasteiger partial charge >= 0.3 is 0 Å². The van der Waals surface area contributed by atoms with Crippen LogP contribution in [0.2, 0.25) is 0 Å². The average molecular weight is 380 g/mol. The summed E-state index contributed by atoms with van der Waals surface area (Å²) in [7, 11) is 1.69. The molecule has 0 aromatic heterocycles. The van der Waals surface area contributed by atoms with Crippen LogP contribution >= 0.6 is 0 Å². The molecule has 7 heteroatoms. The molecule has 0 saturated heterocycles. The molecule has 0 aliphatic carbocycles. The van der Waals surface area contributed by atoms with Crippen molar-refractivity contribution >= 4 is 29.1 Å². The maximum absolute atomic E-state index is 13.2. The summed E-state index contributed by atoms with van der Waals surface area (Å²) in [5, 5.41) is 2.84. The molecule has 0 fully saturated rings. The minimum Gasteiger partial charge on any atom is -0.368 e. The van der Waals surface area contributed by atoms with Gasteiger partial charge in [-0.2, -0.15) is 0 Å². The van der Waals surface area contributed by atoms with Crippen LogP contribution in [0.3, 0.4) is 0 Å². The summed E-state index contributed by atoms with van der Waals surface area (Å²) in [4.78, 5) is 40.6. The van der Waals surface area contributed by atoms with E-state index in [1.165, 1.54) is 0 Å². The molecule has 7 nitrogen and oxygen atoms in total. The Bertz CT molecular complexity index is 884. The number of carbonyl (C=O) groups is 3. The van der Waals surface area contributed by atoms with Gasteiger partial charge in [0.25, 0.3) is 0 Å². The number of hydrogen-bond acceptors (Lipinski definition) is 4. The van der Waals surface area contributed by atoms with Gasteiger partial charge in [0, 0.05) is 12.5 Å². The summed E-state index contributed by atoms with van der Waals surface area (Å²) in [6.45, 7) is 1.82. The third kappa shape index (κ3) is 4.04. The summed E-state index contributed by atoms with van der Waals surface area (Å²) < 4.78 is 0. The standard InChI is InChI=1S/C21H24N4O3/c1-14-12-18(26)23-16-10-6-7-11-17(16)25(14)19(27)13-24(2)20(21(22)28)15-8-4-3-5-9-15/h3-11,14,20H,12-13H2,1-2H3,(H2,22,28)(H,23,26)/t14-,20+/m0/s1. The molecule has 2 aromatic rings. The van der Waals surface area contributed by atoms with E-state index in [1.807, 2.05) is 49.4 Å². The number of carbonyl (C=O) groups excluding carboxylic acids is 3. The first-order chi connectivity index (χ1) is 13.4. The van der Waals surface area contributed by atoms with Crippen molar-refractivity contribution in [1.82, 2.24) is 4.90 Å². The number of para-hydroxylation sites is 2. The fourth-order valence-electron chi connectivity index (χ4n) is 3.62. The van der Waals surface area contributed by atoms with E-state index in [9.17, 15) is 14.4 Å². The Morgan fingerprint density at radius 1 is 1.18 bits per heavy atom. The van der Waals surface area contributed by atoms with Gasteiger partial charge in [-0.15, -0.1) is 0 Å². The molecule has 0 saturated carbocycles. The van der Waals surface area contributed by atoms with Gasteiger partial charge in [-0.25, -0.2) is 0 Å². The lowest BCUT2D eigenvalue weighted by atomic mass is 10.0. The van der Waals surface area contributed by atoms with Gasteiger partial charge in [0.1, 0.15) is 6.04 Å². The maximum atomic E-state index is 13.2. The summed E-state index contributed by atoms with van der Waals surface area (Å²) in [5.41, 5.74) is 7.59. The molecule has 3 N–H and O–H groups in total. The normalized spacial score (nSPS) is 17.5. The largest absolute Gasteiger partial charge is 0.368 e. The number of nitrogens with zero attached hydrogens (tertiary/aromatic N) is 2. The van der Waals surface area contributed by atoms with Crippen LogP contribution < -0.4 is 16.0 Å². The average Bonchev–Trinajstić information content (AvgIpc) is 2.76. The molecule has 2 aromatic carbocycles. The Morgan fingerprint density at radius 2 is 1.82 bits per heavy atom. The summed E-state index contributed by atoms with van der Waals surface area (Å²) >= 11 is 0. The topological polar surface area (TPSA) is 95.7 Å². The van der Waals surface area contributed by atoms with Gasteiger partial charge in [0.15, 0.2) is 0 Å². The zero-order valence-corrected chi connectivity index (χ0v) is 16.0. The quantitative estimate of drug-likeness (QED) is 0.828. The third-order valence-electron chi connectivity index (χ3n) is 4.84. The molecule has 3 amide bonds. The zero-order valence-electron chi connectivity index (χ0n) is 16.0. The molecule has 28 heavy (non-hydrogen) atoms. The van der Waals surface area contributed by atoms with Crippen molar-refractivity contribution in [3.63, 3.8) is 0 Å². The molecule has 0 radical (unpaired) electrons. The Morgan fingerprint density at radius 3 is 2.50 bits per heavy atom. The lowest BCUT2D eigenvalue weighted by Gasteiger charge is -2.31. The van der Waals surface area contributed by atoms with Gasteiger partial charge in [0.2, 0.25) is 17.7 Å². The zero-order chi connectivity index (χ0) is 20.3. The first kappa shape index (κ1) is 19.6. The van der Waals surface area contributed by atoms with Crippen LogP contribution in [-0.4, -0.2) is 42.3 Å². The molecule has 3 rings (SSSR count). The van der Waals surface area contributed by atoms with E-state index >= 15 is 0 Å². The Kier molecular flexibility index (Phi) is 5.75. The van der Waals surface area contributed by atoms with Gasteiger partial charge < -0.3 is 16.0 Å².